The van der Waals surface area contributed by atoms with Gasteiger partial charge >= 0.3 is 0 Å². The molecule has 0 saturated heterocycles. The van der Waals surface area contributed by atoms with Crippen molar-refractivity contribution in [2.24, 2.45) is 0 Å². The van der Waals surface area contributed by atoms with Gasteiger partial charge in [0.2, 0.25) is 5.88 Å². The Kier molecular flexibility index (Phi) is 4.33. The highest BCUT2D eigenvalue weighted by molar-refractivity contribution is 7.71. The molecule has 0 aromatic carbocycles. The Bertz CT molecular complexity index is 576. The Morgan fingerprint density at radius 1 is 1.44 bits per heavy atom. The van der Waals surface area contributed by atoms with Crippen LogP contribution in [0.2, 0.25) is 0 Å². The molecule has 0 bridgehead atoms. The van der Waals surface area contributed by atoms with E-state index in [1.54, 1.807) is 7.11 Å². The Balaban J connectivity index is 2.24. The second kappa shape index (κ2) is 5.97. The van der Waals surface area contributed by atoms with Crippen LogP contribution in [0.4, 0.5) is 0 Å². The molecule has 0 saturated carbocycles. The van der Waals surface area contributed by atoms with Crippen LogP contribution in [0.3, 0.4) is 0 Å². The number of nitrogens with one attached hydrogen (secondary N) is 1. The largest absolute Gasteiger partial charge is 0.481 e. The summed E-state index contributed by atoms with van der Waals surface area (Å²) < 4.78 is 13.1. The van der Waals surface area contributed by atoms with E-state index in [1.807, 2.05) is 23.6 Å². The first-order valence-electron chi connectivity index (χ1n) is 5.97. The molecular formula is C12H17N3O2S. The van der Waals surface area contributed by atoms with Crippen molar-refractivity contribution < 1.29 is 9.47 Å². The zero-order valence-electron chi connectivity index (χ0n) is 10.6. The van der Waals surface area contributed by atoms with Gasteiger partial charge in [0, 0.05) is 25.8 Å². The molecular weight excluding hydrogens is 250 g/mol. The van der Waals surface area contributed by atoms with Crippen LogP contribution >= 0.6 is 12.2 Å². The Hall–Kier alpha value is -1.40. The van der Waals surface area contributed by atoms with E-state index in [0.717, 1.165) is 37.3 Å². The third-order valence-electron chi connectivity index (χ3n) is 2.68. The van der Waals surface area contributed by atoms with E-state index in [1.165, 1.54) is 0 Å². The normalized spacial score (nSPS) is 11.0. The molecule has 0 unspecified atom stereocenters. The predicted octanol–water partition coefficient (Wildman–Crippen LogP) is 2.53. The molecule has 98 valence electrons. The van der Waals surface area contributed by atoms with Crippen LogP contribution < -0.4 is 4.74 Å². The molecule has 2 aromatic heterocycles. The summed E-state index contributed by atoms with van der Waals surface area (Å²) in [5, 5.41) is 0. The van der Waals surface area contributed by atoms with Crippen LogP contribution in [0, 0.1) is 4.77 Å². The van der Waals surface area contributed by atoms with E-state index < -0.39 is 0 Å². The number of hydrogen-bond acceptors (Lipinski definition) is 4. The zero-order valence-corrected chi connectivity index (χ0v) is 11.4. The molecule has 6 heteroatoms. The summed E-state index contributed by atoms with van der Waals surface area (Å²) in [7, 11) is 1.61. The van der Waals surface area contributed by atoms with E-state index in [4.69, 9.17) is 21.7 Å². The quantitative estimate of drug-likeness (QED) is 0.645. The predicted molar refractivity (Wildman–Crippen MR) is 72.6 cm³/mol. The molecule has 0 amide bonds. The van der Waals surface area contributed by atoms with Gasteiger partial charge in [0.15, 0.2) is 10.4 Å². The second-order valence-electron chi connectivity index (χ2n) is 3.86. The van der Waals surface area contributed by atoms with E-state index in [2.05, 4.69) is 9.97 Å². The van der Waals surface area contributed by atoms with Crippen molar-refractivity contribution in [2.45, 2.75) is 19.9 Å². The van der Waals surface area contributed by atoms with Crippen LogP contribution in [-0.2, 0) is 11.3 Å². The third kappa shape index (κ3) is 2.70. The van der Waals surface area contributed by atoms with Gasteiger partial charge in [-0.05, 0) is 31.6 Å². The number of methoxy groups -OCH3 is 1. The standard InChI is InChI=1S/C12H17N3O2S/c1-3-17-8-4-7-15-11-9(13-12(15)18)5-6-10(14-11)16-2/h5-6H,3-4,7-8H2,1-2H3,(H,13,18). The van der Waals surface area contributed by atoms with Gasteiger partial charge in [0.25, 0.3) is 0 Å². The molecule has 2 rings (SSSR count). The summed E-state index contributed by atoms with van der Waals surface area (Å²) in [6.45, 7) is 4.25. The van der Waals surface area contributed by atoms with E-state index in [9.17, 15) is 0 Å². The maximum absolute atomic E-state index is 5.33. The van der Waals surface area contributed by atoms with E-state index >= 15 is 0 Å². The van der Waals surface area contributed by atoms with Crippen molar-refractivity contribution in [2.75, 3.05) is 20.3 Å². The number of aromatic amines is 1. The number of hydrogen-bond donors (Lipinski definition) is 1. The maximum Gasteiger partial charge on any atom is 0.215 e. The van der Waals surface area contributed by atoms with Crippen molar-refractivity contribution in [1.82, 2.24) is 14.5 Å². The van der Waals surface area contributed by atoms with Gasteiger partial charge in [-0.15, -0.1) is 0 Å². The molecule has 1 N–H and O–H groups in total. The first-order valence-corrected chi connectivity index (χ1v) is 6.38. The second-order valence-corrected chi connectivity index (χ2v) is 4.24. The van der Waals surface area contributed by atoms with Gasteiger partial charge in [0.1, 0.15) is 0 Å². The Labute approximate surface area is 111 Å². The monoisotopic (exact) mass is 267 g/mol. The summed E-state index contributed by atoms with van der Waals surface area (Å²) in [5.74, 6) is 0.593. The molecule has 5 nitrogen and oxygen atoms in total. The number of imidazole rings is 1. The topological polar surface area (TPSA) is 52.1 Å². The van der Waals surface area contributed by atoms with E-state index in [0.29, 0.717) is 10.7 Å². The van der Waals surface area contributed by atoms with Crippen molar-refractivity contribution in [3.8, 4) is 5.88 Å². The molecule has 0 atom stereocenters. The highest BCUT2D eigenvalue weighted by Crippen LogP contribution is 2.16. The van der Waals surface area contributed by atoms with Crippen molar-refractivity contribution in [3.63, 3.8) is 0 Å². The van der Waals surface area contributed by atoms with Crippen LogP contribution in [0.15, 0.2) is 12.1 Å². The average Bonchev–Trinajstić information content (AvgIpc) is 2.70. The number of fused-ring (bicyclic) bond motifs is 1. The molecule has 0 aliphatic carbocycles. The van der Waals surface area contributed by atoms with Gasteiger partial charge in [-0.1, -0.05) is 0 Å². The fraction of sp³-hybridized carbons (Fsp3) is 0.500. The number of H-pyrrole nitrogens is 1. The van der Waals surface area contributed by atoms with Gasteiger partial charge in [-0.25, -0.2) is 0 Å². The lowest BCUT2D eigenvalue weighted by Crippen LogP contribution is -2.03. The van der Waals surface area contributed by atoms with Crippen LogP contribution in [0.25, 0.3) is 11.2 Å². The number of rotatable bonds is 6. The summed E-state index contributed by atoms with van der Waals surface area (Å²) in [6, 6.07) is 3.74. The highest BCUT2D eigenvalue weighted by Gasteiger charge is 2.06. The fourth-order valence-corrected chi connectivity index (χ4v) is 2.09. The van der Waals surface area contributed by atoms with E-state index in [-0.39, 0.29) is 0 Å². The Morgan fingerprint density at radius 3 is 3.00 bits per heavy atom. The lowest BCUT2D eigenvalue weighted by atomic mass is 10.4. The number of ether oxygens (including phenoxy) is 2. The number of aromatic nitrogens is 3. The molecule has 2 aromatic rings. The summed E-state index contributed by atoms with van der Waals surface area (Å²) >= 11 is 5.30. The van der Waals surface area contributed by atoms with Crippen molar-refractivity contribution in [3.05, 3.63) is 16.9 Å². The highest BCUT2D eigenvalue weighted by atomic mass is 32.1. The van der Waals surface area contributed by atoms with Gasteiger partial charge in [0.05, 0.1) is 12.6 Å². The Morgan fingerprint density at radius 2 is 2.28 bits per heavy atom. The lowest BCUT2D eigenvalue weighted by molar-refractivity contribution is 0.142. The molecule has 2 heterocycles. The maximum atomic E-state index is 5.33. The van der Waals surface area contributed by atoms with Crippen LogP contribution in [-0.4, -0.2) is 34.9 Å². The number of pyridine rings is 1. The lowest BCUT2D eigenvalue weighted by Gasteiger charge is -2.05. The number of aryl methyl sites for hydroxylation is 1. The van der Waals surface area contributed by atoms with Crippen LogP contribution in [0.1, 0.15) is 13.3 Å². The minimum absolute atomic E-state index is 0.593. The van der Waals surface area contributed by atoms with Crippen molar-refractivity contribution >= 4 is 23.4 Å². The first-order chi connectivity index (χ1) is 8.76. The SMILES string of the molecule is CCOCCCn1c(=S)[nH]c2ccc(OC)nc21. The van der Waals surface area contributed by atoms with Crippen LogP contribution in [0.5, 0.6) is 5.88 Å². The first kappa shape index (κ1) is 13.0. The molecule has 0 spiro atoms. The minimum Gasteiger partial charge on any atom is -0.481 e. The van der Waals surface area contributed by atoms with Gasteiger partial charge in [-0.3, -0.25) is 0 Å². The molecule has 18 heavy (non-hydrogen) atoms. The third-order valence-corrected chi connectivity index (χ3v) is 3.00. The summed E-state index contributed by atoms with van der Waals surface area (Å²) in [6.07, 6.45) is 0.911. The van der Waals surface area contributed by atoms with Gasteiger partial charge in [-0.2, -0.15) is 4.98 Å². The molecule has 0 aliphatic rings. The number of nitrogens with zero attached hydrogens (tertiary/aromatic N) is 2. The summed E-state index contributed by atoms with van der Waals surface area (Å²) in [5.41, 5.74) is 1.76. The molecule has 0 radical (unpaired) electrons. The van der Waals surface area contributed by atoms with Gasteiger partial charge < -0.3 is 19.0 Å². The minimum atomic E-state index is 0.593. The fourth-order valence-electron chi connectivity index (χ4n) is 1.80. The smallest absolute Gasteiger partial charge is 0.215 e. The molecule has 0 aliphatic heterocycles. The zero-order chi connectivity index (χ0) is 13.0. The molecule has 0 fully saturated rings. The summed E-state index contributed by atoms with van der Waals surface area (Å²) in [4.78, 5) is 7.55. The average molecular weight is 267 g/mol. The van der Waals surface area contributed by atoms with Crippen molar-refractivity contribution in [1.29, 1.82) is 0 Å².